The van der Waals surface area contributed by atoms with E-state index in [9.17, 15) is 0 Å². The molecule has 1 N–H and O–H groups in total. The summed E-state index contributed by atoms with van der Waals surface area (Å²) in [5, 5.41) is 3.63. The van der Waals surface area contributed by atoms with Gasteiger partial charge >= 0.3 is 0 Å². The van der Waals surface area contributed by atoms with Gasteiger partial charge in [0.1, 0.15) is 0 Å². The number of hydrogen-bond acceptors (Lipinski definition) is 3. The fourth-order valence-corrected chi connectivity index (χ4v) is 3.00. The van der Waals surface area contributed by atoms with Crippen molar-refractivity contribution in [2.75, 3.05) is 51.7 Å². The van der Waals surface area contributed by atoms with Gasteiger partial charge in [-0.2, -0.15) is 0 Å². The van der Waals surface area contributed by atoms with Gasteiger partial charge in [-0.05, 0) is 64.0 Å². The van der Waals surface area contributed by atoms with Crippen LogP contribution in [0, 0.1) is 5.92 Å². The second-order valence-corrected chi connectivity index (χ2v) is 6.09. The molecule has 1 aromatic rings. The Kier molecular flexibility index (Phi) is 6.34. The van der Waals surface area contributed by atoms with Crippen LogP contribution in [0.1, 0.15) is 19.3 Å². The summed E-state index contributed by atoms with van der Waals surface area (Å²) in [6.07, 6.45) is 3.95. The Labute approximate surface area is 124 Å². The molecule has 1 atom stereocenters. The molecule has 1 heterocycles. The van der Waals surface area contributed by atoms with Gasteiger partial charge in [-0.25, -0.2) is 0 Å². The van der Waals surface area contributed by atoms with Crippen LogP contribution in [0.3, 0.4) is 0 Å². The first kappa shape index (κ1) is 15.3. The molecule has 3 heteroatoms. The molecule has 1 aromatic carbocycles. The summed E-state index contributed by atoms with van der Waals surface area (Å²) in [6.45, 7) is 5.95. The third-order valence-electron chi connectivity index (χ3n) is 4.20. The van der Waals surface area contributed by atoms with E-state index in [2.05, 4.69) is 59.5 Å². The highest BCUT2D eigenvalue weighted by molar-refractivity contribution is 5.44. The second-order valence-electron chi connectivity index (χ2n) is 6.09. The van der Waals surface area contributed by atoms with Crippen molar-refractivity contribution in [2.24, 2.45) is 5.92 Å². The van der Waals surface area contributed by atoms with E-state index in [1.165, 1.54) is 44.6 Å². The number of nitrogens with one attached hydrogen (secondary N) is 1. The molecule has 1 fully saturated rings. The number of rotatable bonds is 7. The van der Waals surface area contributed by atoms with Crippen LogP contribution in [0.5, 0.6) is 0 Å². The summed E-state index contributed by atoms with van der Waals surface area (Å²) >= 11 is 0. The molecule has 0 aliphatic carbocycles. The van der Waals surface area contributed by atoms with Gasteiger partial charge in [0, 0.05) is 25.8 Å². The van der Waals surface area contributed by atoms with Crippen molar-refractivity contribution < 1.29 is 0 Å². The monoisotopic (exact) mass is 275 g/mol. The number of anilines is 1. The van der Waals surface area contributed by atoms with Crippen LogP contribution < -0.4 is 10.2 Å². The van der Waals surface area contributed by atoms with Crippen molar-refractivity contribution in [1.29, 1.82) is 0 Å². The zero-order valence-corrected chi connectivity index (χ0v) is 13.0. The van der Waals surface area contributed by atoms with Crippen molar-refractivity contribution in [3.63, 3.8) is 0 Å². The molecule has 0 bridgehead atoms. The first-order valence-electron chi connectivity index (χ1n) is 7.91. The van der Waals surface area contributed by atoms with Crippen LogP contribution in [0.15, 0.2) is 30.3 Å². The number of nitrogens with zero attached hydrogens (tertiary/aromatic N) is 2. The first-order chi connectivity index (χ1) is 9.75. The maximum absolute atomic E-state index is 3.63. The van der Waals surface area contributed by atoms with E-state index in [1.807, 2.05) is 0 Å². The number of benzene rings is 1. The zero-order chi connectivity index (χ0) is 14.2. The van der Waals surface area contributed by atoms with Crippen molar-refractivity contribution in [3.05, 3.63) is 30.3 Å². The van der Waals surface area contributed by atoms with Gasteiger partial charge in [0.2, 0.25) is 0 Å². The van der Waals surface area contributed by atoms with E-state index in [-0.39, 0.29) is 0 Å². The van der Waals surface area contributed by atoms with Crippen LogP contribution in [0.4, 0.5) is 5.69 Å². The Morgan fingerprint density at radius 2 is 2.10 bits per heavy atom. The van der Waals surface area contributed by atoms with Gasteiger partial charge in [-0.1, -0.05) is 18.2 Å². The summed E-state index contributed by atoms with van der Waals surface area (Å²) in [6, 6.07) is 10.6. The number of hydrogen-bond donors (Lipinski definition) is 1. The third kappa shape index (κ3) is 5.14. The predicted molar refractivity (Wildman–Crippen MR) is 87.4 cm³/mol. The Balaban J connectivity index is 1.55. The average molecular weight is 275 g/mol. The summed E-state index contributed by atoms with van der Waals surface area (Å²) in [7, 11) is 4.41. The molecule has 0 amide bonds. The summed E-state index contributed by atoms with van der Waals surface area (Å²) in [5.41, 5.74) is 1.31. The molecule has 0 aromatic heterocycles. The lowest BCUT2D eigenvalue weighted by atomic mass is 9.98. The molecule has 1 saturated heterocycles. The molecule has 0 radical (unpaired) electrons. The van der Waals surface area contributed by atoms with Crippen LogP contribution in [-0.4, -0.2) is 51.7 Å². The van der Waals surface area contributed by atoms with Crippen LogP contribution in [0.25, 0.3) is 0 Å². The molecule has 0 saturated carbocycles. The zero-order valence-electron chi connectivity index (χ0n) is 13.0. The molecule has 2 rings (SSSR count). The smallest absolute Gasteiger partial charge is 0.0363 e. The van der Waals surface area contributed by atoms with E-state index < -0.39 is 0 Å². The highest BCUT2D eigenvalue weighted by atomic mass is 15.1. The normalized spacial score (nSPS) is 20.0. The fourth-order valence-electron chi connectivity index (χ4n) is 3.00. The Morgan fingerprint density at radius 3 is 2.85 bits per heavy atom. The largest absolute Gasteiger partial charge is 0.375 e. The summed E-state index contributed by atoms with van der Waals surface area (Å²) in [5.74, 6) is 0.848. The number of para-hydroxylation sites is 1. The molecule has 1 unspecified atom stereocenters. The van der Waals surface area contributed by atoms with E-state index in [0.29, 0.717) is 0 Å². The van der Waals surface area contributed by atoms with Gasteiger partial charge in [-0.15, -0.1) is 0 Å². The van der Waals surface area contributed by atoms with E-state index in [1.54, 1.807) is 0 Å². The Bertz CT molecular complexity index is 366. The molecule has 1 aliphatic rings. The van der Waals surface area contributed by atoms with Crippen LogP contribution in [0.2, 0.25) is 0 Å². The topological polar surface area (TPSA) is 18.5 Å². The summed E-state index contributed by atoms with van der Waals surface area (Å²) in [4.78, 5) is 4.79. The maximum Gasteiger partial charge on any atom is 0.0363 e. The van der Waals surface area contributed by atoms with Crippen molar-refractivity contribution in [2.45, 2.75) is 19.3 Å². The highest BCUT2D eigenvalue weighted by Crippen LogP contribution is 2.14. The maximum atomic E-state index is 3.63. The lowest BCUT2D eigenvalue weighted by molar-refractivity contribution is 0.206. The van der Waals surface area contributed by atoms with Crippen LogP contribution in [-0.2, 0) is 0 Å². The van der Waals surface area contributed by atoms with Crippen molar-refractivity contribution >= 4 is 5.69 Å². The molecule has 1 aliphatic heterocycles. The number of piperidine rings is 1. The molecule has 3 nitrogen and oxygen atoms in total. The van der Waals surface area contributed by atoms with E-state index in [0.717, 1.165) is 19.0 Å². The lowest BCUT2D eigenvalue weighted by Gasteiger charge is -2.29. The average Bonchev–Trinajstić information content (AvgIpc) is 2.48. The third-order valence-corrected chi connectivity index (χ3v) is 4.20. The van der Waals surface area contributed by atoms with Crippen molar-refractivity contribution in [1.82, 2.24) is 10.2 Å². The molecular weight excluding hydrogens is 246 g/mol. The van der Waals surface area contributed by atoms with Gasteiger partial charge < -0.3 is 15.1 Å². The Hall–Kier alpha value is -1.06. The van der Waals surface area contributed by atoms with Gasteiger partial charge in [0.15, 0.2) is 0 Å². The highest BCUT2D eigenvalue weighted by Gasteiger charge is 2.16. The van der Waals surface area contributed by atoms with Gasteiger partial charge in [0.05, 0.1) is 0 Å². The quantitative estimate of drug-likeness (QED) is 0.771. The SMILES string of the molecule is CN1CCCC(CNCCCN(C)c2ccccc2)C1. The predicted octanol–water partition coefficient (Wildman–Crippen LogP) is 2.44. The van der Waals surface area contributed by atoms with Gasteiger partial charge in [0.25, 0.3) is 0 Å². The molecule has 112 valence electrons. The first-order valence-corrected chi connectivity index (χ1v) is 7.91. The Morgan fingerprint density at radius 1 is 1.30 bits per heavy atom. The van der Waals surface area contributed by atoms with E-state index in [4.69, 9.17) is 0 Å². The molecular formula is C17H29N3. The minimum atomic E-state index is 0.848. The van der Waals surface area contributed by atoms with Crippen LogP contribution >= 0.6 is 0 Å². The van der Waals surface area contributed by atoms with E-state index >= 15 is 0 Å². The van der Waals surface area contributed by atoms with Gasteiger partial charge in [-0.3, -0.25) is 0 Å². The van der Waals surface area contributed by atoms with Crippen molar-refractivity contribution in [3.8, 4) is 0 Å². The standard InChI is InChI=1S/C17H29N3/c1-19-12-6-8-16(15-19)14-18-11-7-13-20(2)17-9-4-3-5-10-17/h3-5,9-10,16,18H,6-8,11-15H2,1-2H3. The fraction of sp³-hybridized carbons (Fsp3) is 0.647. The second kappa shape index (κ2) is 8.28. The minimum Gasteiger partial charge on any atom is -0.375 e. The number of likely N-dealkylation sites (tertiary alicyclic amines) is 1. The molecule has 20 heavy (non-hydrogen) atoms. The molecule has 0 spiro atoms. The summed E-state index contributed by atoms with van der Waals surface area (Å²) < 4.78 is 0. The lowest BCUT2D eigenvalue weighted by Crippen LogP contribution is -2.37. The minimum absolute atomic E-state index is 0.848.